The van der Waals surface area contributed by atoms with Crippen molar-refractivity contribution in [2.24, 2.45) is 5.92 Å². The number of amides is 3. The monoisotopic (exact) mass is 557 g/mol. The van der Waals surface area contributed by atoms with Crippen molar-refractivity contribution in [3.05, 3.63) is 90.0 Å². The molecule has 218 valence electrons. The lowest BCUT2D eigenvalue weighted by Crippen LogP contribution is -2.53. The molecule has 3 amide bonds. The zero-order valence-electron chi connectivity index (χ0n) is 25.3. The standard InChI is InChI=1S/C34H43N3O4/c1-9-18-37(32(39)29(19-22(2)3)36-33(40)41-34(6,7)8)30(28-20-23(4)14-15-24(28)5)31(38)35-27-17-16-25-12-10-11-13-26(25)21-27/h9-17,20-22,29-30H,1,18-19H2,2-8H3,(H,35,38)(H,36,40). The summed E-state index contributed by atoms with van der Waals surface area (Å²) < 4.78 is 5.46. The van der Waals surface area contributed by atoms with Crippen LogP contribution in [0.2, 0.25) is 0 Å². The van der Waals surface area contributed by atoms with Gasteiger partial charge in [0.1, 0.15) is 17.7 Å². The second-order valence-electron chi connectivity index (χ2n) is 11.9. The number of carbonyl (C=O) groups excluding carboxylic acids is 3. The van der Waals surface area contributed by atoms with Gasteiger partial charge in [0.05, 0.1) is 0 Å². The molecular weight excluding hydrogens is 514 g/mol. The normalized spacial score (nSPS) is 12.9. The third kappa shape index (κ3) is 8.68. The van der Waals surface area contributed by atoms with Gasteiger partial charge in [0.15, 0.2) is 0 Å². The molecular formula is C34H43N3O4. The second-order valence-corrected chi connectivity index (χ2v) is 11.9. The number of hydrogen-bond donors (Lipinski definition) is 2. The molecule has 0 bridgehead atoms. The highest BCUT2D eigenvalue weighted by Crippen LogP contribution is 2.29. The molecule has 2 unspecified atom stereocenters. The van der Waals surface area contributed by atoms with Crippen molar-refractivity contribution >= 4 is 34.4 Å². The largest absolute Gasteiger partial charge is 0.444 e. The number of nitrogens with zero attached hydrogens (tertiary/aromatic N) is 1. The molecule has 7 nitrogen and oxygen atoms in total. The van der Waals surface area contributed by atoms with E-state index in [1.54, 1.807) is 26.8 Å². The van der Waals surface area contributed by atoms with Gasteiger partial charge in [-0.15, -0.1) is 6.58 Å². The van der Waals surface area contributed by atoms with Crippen molar-refractivity contribution in [3.63, 3.8) is 0 Å². The zero-order valence-corrected chi connectivity index (χ0v) is 25.3. The van der Waals surface area contributed by atoms with E-state index in [2.05, 4.69) is 17.2 Å². The van der Waals surface area contributed by atoms with Crippen LogP contribution in [0.1, 0.15) is 63.8 Å². The van der Waals surface area contributed by atoms with E-state index in [1.165, 1.54) is 4.90 Å². The smallest absolute Gasteiger partial charge is 0.408 e. The van der Waals surface area contributed by atoms with Crippen molar-refractivity contribution in [2.45, 2.75) is 72.6 Å². The van der Waals surface area contributed by atoms with Gasteiger partial charge < -0.3 is 20.3 Å². The number of nitrogens with one attached hydrogen (secondary N) is 2. The number of aryl methyl sites for hydroxylation is 2. The van der Waals surface area contributed by atoms with Crippen LogP contribution in [0.25, 0.3) is 10.8 Å². The van der Waals surface area contributed by atoms with Crippen LogP contribution in [0.3, 0.4) is 0 Å². The summed E-state index contributed by atoms with van der Waals surface area (Å²) in [6.45, 7) is 17.1. The van der Waals surface area contributed by atoms with Gasteiger partial charge in [-0.25, -0.2) is 4.79 Å². The van der Waals surface area contributed by atoms with E-state index in [1.807, 2.05) is 88.4 Å². The van der Waals surface area contributed by atoms with Crippen LogP contribution in [0.15, 0.2) is 73.3 Å². The van der Waals surface area contributed by atoms with Gasteiger partial charge in [0, 0.05) is 12.2 Å². The van der Waals surface area contributed by atoms with Crippen LogP contribution < -0.4 is 10.6 Å². The van der Waals surface area contributed by atoms with E-state index in [-0.39, 0.29) is 24.3 Å². The first-order chi connectivity index (χ1) is 19.3. The molecule has 0 radical (unpaired) electrons. The van der Waals surface area contributed by atoms with Crippen LogP contribution in [-0.2, 0) is 14.3 Å². The number of benzene rings is 3. The number of ether oxygens (including phenoxy) is 1. The molecule has 41 heavy (non-hydrogen) atoms. The van der Waals surface area contributed by atoms with Crippen molar-refractivity contribution in [1.29, 1.82) is 0 Å². The van der Waals surface area contributed by atoms with Gasteiger partial charge in [-0.3, -0.25) is 9.59 Å². The van der Waals surface area contributed by atoms with Crippen molar-refractivity contribution in [3.8, 4) is 0 Å². The molecule has 0 fully saturated rings. The molecule has 0 spiro atoms. The minimum absolute atomic E-state index is 0.0926. The van der Waals surface area contributed by atoms with Crippen LogP contribution >= 0.6 is 0 Å². The molecule has 2 atom stereocenters. The quantitative estimate of drug-likeness (QED) is 0.261. The van der Waals surface area contributed by atoms with Crippen LogP contribution in [0, 0.1) is 19.8 Å². The SMILES string of the molecule is C=CCN(C(=O)C(CC(C)C)NC(=O)OC(C)(C)C)C(C(=O)Nc1ccc2ccccc2c1)c1cc(C)ccc1C. The van der Waals surface area contributed by atoms with E-state index >= 15 is 0 Å². The van der Waals surface area contributed by atoms with Crippen molar-refractivity contribution in [1.82, 2.24) is 10.2 Å². The summed E-state index contributed by atoms with van der Waals surface area (Å²) in [6, 6.07) is 17.6. The van der Waals surface area contributed by atoms with E-state index in [9.17, 15) is 14.4 Å². The molecule has 7 heteroatoms. The minimum Gasteiger partial charge on any atom is -0.444 e. The number of carbonyl (C=O) groups is 3. The predicted molar refractivity (Wildman–Crippen MR) is 166 cm³/mol. The first kappa shape index (κ1) is 31.4. The Balaban J connectivity index is 2.05. The predicted octanol–water partition coefficient (Wildman–Crippen LogP) is 7.09. The summed E-state index contributed by atoms with van der Waals surface area (Å²) in [5, 5.41) is 7.86. The fourth-order valence-corrected chi connectivity index (χ4v) is 4.79. The summed E-state index contributed by atoms with van der Waals surface area (Å²) in [5.41, 5.74) is 2.44. The summed E-state index contributed by atoms with van der Waals surface area (Å²) in [4.78, 5) is 42.6. The average molecular weight is 558 g/mol. The van der Waals surface area contributed by atoms with E-state index < -0.39 is 23.8 Å². The van der Waals surface area contributed by atoms with Gasteiger partial charge in [-0.2, -0.15) is 0 Å². The molecule has 3 rings (SSSR count). The molecule has 2 N–H and O–H groups in total. The van der Waals surface area contributed by atoms with E-state index in [4.69, 9.17) is 4.74 Å². The molecule has 0 saturated carbocycles. The molecule has 0 aromatic heterocycles. The Kier molecular flexibility index (Phi) is 10.3. The van der Waals surface area contributed by atoms with Gasteiger partial charge >= 0.3 is 6.09 Å². The summed E-state index contributed by atoms with van der Waals surface area (Å²) in [6.07, 6.45) is 1.29. The van der Waals surface area contributed by atoms with Gasteiger partial charge in [0.2, 0.25) is 5.91 Å². The average Bonchev–Trinajstić information content (AvgIpc) is 2.88. The molecule has 3 aromatic carbocycles. The Morgan fingerprint density at radius 1 is 0.976 bits per heavy atom. The number of anilines is 1. The summed E-state index contributed by atoms with van der Waals surface area (Å²) in [7, 11) is 0. The highest BCUT2D eigenvalue weighted by atomic mass is 16.6. The molecule has 0 heterocycles. The molecule has 0 aliphatic carbocycles. The highest BCUT2D eigenvalue weighted by Gasteiger charge is 2.37. The lowest BCUT2D eigenvalue weighted by molar-refractivity contribution is -0.140. The molecule has 0 saturated heterocycles. The van der Waals surface area contributed by atoms with Gasteiger partial charge in [-0.05, 0) is 81.0 Å². The van der Waals surface area contributed by atoms with Crippen LogP contribution in [0.4, 0.5) is 10.5 Å². The molecule has 0 aliphatic heterocycles. The maximum Gasteiger partial charge on any atom is 0.408 e. The Hall–Kier alpha value is -4.13. The van der Waals surface area contributed by atoms with E-state index in [0.29, 0.717) is 17.7 Å². The summed E-state index contributed by atoms with van der Waals surface area (Å²) >= 11 is 0. The lowest BCUT2D eigenvalue weighted by atomic mass is 9.95. The first-order valence-electron chi connectivity index (χ1n) is 14.1. The Labute approximate surface area is 244 Å². The third-order valence-corrected chi connectivity index (χ3v) is 6.61. The topological polar surface area (TPSA) is 87.7 Å². The summed E-state index contributed by atoms with van der Waals surface area (Å²) in [5.74, 6) is -0.649. The minimum atomic E-state index is -0.970. The number of fused-ring (bicyclic) bond motifs is 1. The zero-order chi connectivity index (χ0) is 30.3. The molecule has 0 aliphatic rings. The first-order valence-corrected chi connectivity index (χ1v) is 14.1. The number of hydrogen-bond acceptors (Lipinski definition) is 4. The Morgan fingerprint density at radius 2 is 1.66 bits per heavy atom. The van der Waals surface area contributed by atoms with E-state index in [0.717, 1.165) is 21.9 Å². The number of alkyl carbamates (subject to hydrolysis) is 1. The third-order valence-electron chi connectivity index (χ3n) is 6.61. The van der Waals surface area contributed by atoms with Gasteiger partial charge in [-0.1, -0.05) is 74.0 Å². The van der Waals surface area contributed by atoms with Crippen molar-refractivity contribution < 1.29 is 19.1 Å². The Bertz CT molecular complexity index is 1410. The number of rotatable bonds is 10. The maximum atomic E-state index is 14.2. The Morgan fingerprint density at radius 3 is 2.29 bits per heavy atom. The van der Waals surface area contributed by atoms with Crippen LogP contribution in [0.5, 0.6) is 0 Å². The molecule has 3 aromatic rings. The lowest BCUT2D eigenvalue weighted by Gasteiger charge is -2.35. The maximum absolute atomic E-state index is 14.2. The second kappa shape index (κ2) is 13.5. The van der Waals surface area contributed by atoms with Crippen molar-refractivity contribution in [2.75, 3.05) is 11.9 Å². The fraction of sp³-hybridized carbons (Fsp3) is 0.382. The fourth-order valence-electron chi connectivity index (χ4n) is 4.79. The van der Waals surface area contributed by atoms with Gasteiger partial charge in [0.25, 0.3) is 5.91 Å². The van der Waals surface area contributed by atoms with Crippen LogP contribution in [-0.4, -0.2) is 41.0 Å². The highest BCUT2D eigenvalue weighted by molar-refractivity contribution is 6.00.